The summed E-state index contributed by atoms with van der Waals surface area (Å²) in [4.78, 5) is 0.268. The highest BCUT2D eigenvalue weighted by atomic mass is 32.2. The van der Waals surface area contributed by atoms with Crippen LogP contribution >= 0.6 is 0 Å². The third-order valence-corrected chi connectivity index (χ3v) is 4.14. The molecule has 0 spiro atoms. The summed E-state index contributed by atoms with van der Waals surface area (Å²) in [6.45, 7) is 3.61. The zero-order valence-corrected chi connectivity index (χ0v) is 10.8. The van der Waals surface area contributed by atoms with Crippen LogP contribution in [0.5, 0.6) is 0 Å². The van der Waals surface area contributed by atoms with Gasteiger partial charge in [-0.1, -0.05) is 0 Å². The molecule has 0 aromatic heterocycles. The van der Waals surface area contributed by atoms with E-state index in [1.165, 1.54) is 0 Å². The Morgan fingerprint density at radius 3 is 2.29 bits per heavy atom. The molecule has 1 aromatic carbocycles. The molecule has 0 aliphatic heterocycles. The van der Waals surface area contributed by atoms with E-state index in [4.69, 9.17) is 10.8 Å². The summed E-state index contributed by atoms with van der Waals surface area (Å²) in [6.07, 6.45) is 0.395. The lowest BCUT2D eigenvalue weighted by Gasteiger charge is -2.12. The van der Waals surface area contributed by atoms with E-state index < -0.39 is 10.0 Å². The van der Waals surface area contributed by atoms with Gasteiger partial charge in [-0.3, -0.25) is 0 Å². The van der Waals surface area contributed by atoms with Crippen LogP contribution in [0.3, 0.4) is 0 Å². The molecule has 0 atom stereocenters. The Morgan fingerprint density at radius 1 is 1.29 bits per heavy atom. The highest BCUT2D eigenvalue weighted by Crippen LogP contribution is 2.22. The highest BCUT2D eigenvalue weighted by molar-refractivity contribution is 7.89. The number of rotatable bonds is 5. The molecule has 0 unspecified atom stereocenters. The van der Waals surface area contributed by atoms with Crippen LogP contribution in [0.25, 0.3) is 0 Å². The van der Waals surface area contributed by atoms with Crippen molar-refractivity contribution in [1.82, 2.24) is 4.72 Å². The molecule has 1 rings (SSSR count). The third kappa shape index (κ3) is 3.42. The van der Waals surface area contributed by atoms with E-state index in [9.17, 15) is 8.42 Å². The maximum Gasteiger partial charge on any atom is 0.241 e. The molecule has 1 aromatic rings. The zero-order valence-electron chi connectivity index (χ0n) is 10.0. The SMILES string of the molecule is Cc1cc(N)cc(C)c1S(=O)(=O)NCCCO. The molecule has 0 heterocycles. The quantitative estimate of drug-likeness (QED) is 0.531. The molecular formula is C11H18N2O3S. The van der Waals surface area contributed by atoms with E-state index in [1.807, 2.05) is 0 Å². The molecule has 4 N–H and O–H groups in total. The summed E-state index contributed by atoms with van der Waals surface area (Å²) < 4.78 is 26.5. The Labute approximate surface area is 102 Å². The van der Waals surface area contributed by atoms with Crippen molar-refractivity contribution in [2.45, 2.75) is 25.2 Å². The maximum absolute atomic E-state index is 12.0. The van der Waals surface area contributed by atoms with Crippen molar-refractivity contribution in [2.24, 2.45) is 0 Å². The Kier molecular flexibility index (Phi) is 4.50. The monoisotopic (exact) mass is 258 g/mol. The average molecular weight is 258 g/mol. The van der Waals surface area contributed by atoms with Crippen LogP contribution in [0, 0.1) is 13.8 Å². The van der Waals surface area contributed by atoms with Crippen molar-refractivity contribution in [2.75, 3.05) is 18.9 Å². The number of benzene rings is 1. The molecule has 5 nitrogen and oxygen atoms in total. The van der Waals surface area contributed by atoms with E-state index in [1.54, 1.807) is 26.0 Å². The van der Waals surface area contributed by atoms with E-state index in [-0.39, 0.29) is 18.0 Å². The molecule has 0 saturated carbocycles. The zero-order chi connectivity index (χ0) is 13.1. The number of nitrogens with two attached hydrogens (primary N) is 1. The van der Waals surface area contributed by atoms with Crippen LogP contribution in [0.4, 0.5) is 5.69 Å². The van der Waals surface area contributed by atoms with Gasteiger partial charge in [-0.05, 0) is 43.5 Å². The summed E-state index contributed by atoms with van der Waals surface area (Å²) in [5, 5.41) is 8.63. The first-order valence-corrected chi connectivity index (χ1v) is 6.84. The summed E-state index contributed by atoms with van der Waals surface area (Å²) in [5.41, 5.74) is 7.44. The molecule has 0 aliphatic rings. The standard InChI is InChI=1S/C11H18N2O3S/c1-8-6-10(12)7-9(2)11(8)17(15,16)13-4-3-5-14/h6-7,13-14H,3-5,12H2,1-2H3. The van der Waals surface area contributed by atoms with Crippen molar-refractivity contribution in [1.29, 1.82) is 0 Å². The molecule has 0 radical (unpaired) electrons. The largest absolute Gasteiger partial charge is 0.399 e. The normalized spacial score (nSPS) is 11.7. The van der Waals surface area contributed by atoms with Crippen LogP contribution in [0.2, 0.25) is 0 Å². The van der Waals surface area contributed by atoms with Gasteiger partial charge in [-0.15, -0.1) is 0 Å². The molecule has 0 bridgehead atoms. The van der Waals surface area contributed by atoms with Crippen LogP contribution in [-0.4, -0.2) is 26.7 Å². The fourth-order valence-electron chi connectivity index (χ4n) is 1.77. The van der Waals surface area contributed by atoms with Crippen LogP contribution in [-0.2, 0) is 10.0 Å². The predicted octanol–water partition coefficient (Wildman–Crippen LogP) is 0.546. The summed E-state index contributed by atoms with van der Waals surface area (Å²) in [5.74, 6) is 0. The minimum absolute atomic E-state index is 0.0395. The number of aryl methyl sites for hydroxylation is 2. The Bertz CT molecular complexity index is 474. The number of nitrogens with one attached hydrogen (secondary N) is 1. The molecule has 0 fully saturated rings. The minimum atomic E-state index is -3.53. The number of aliphatic hydroxyl groups is 1. The topological polar surface area (TPSA) is 92.4 Å². The first-order chi connectivity index (χ1) is 7.88. The van der Waals surface area contributed by atoms with E-state index in [0.29, 0.717) is 23.2 Å². The lowest BCUT2D eigenvalue weighted by atomic mass is 10.1. The molecule has 6 heteroatoms. The van der Waals surface area contributed by atoms with Gasteiger partial charge in [-0.25, -0.2) is 13.1 Å². The first kappa shape index (κ1) is 14.0. The smallest absolute Gasteiger partial charge is 0.241 e. The van der Waals surface area contributed by atoms with Crippen molar-refractivity contribution in [3.8, 4) is 0 Å². The van der Waals surface area contributed by atoms with Crippen LogP contribution in [0.1, 0.15) is 17.5 Å². The summed E-state index contributed by atoms with van der Waals surface area (Å²) >= 11 is 0. The van der Waals surface area contributed by atoms with Crippen molar-refractivity contribution >= 4 is 15.7 Å². The van der Waals surface area contributed by atoms with E-state index in [2.05, 4.69) is 4.72 Å². The van der Waals surface area contributed by atoms with Gasteiger partial charge in [0.15, 0.2) is 0 Å². The number of nitrogen functional groups attached to an aromatic ring is 1. The van der Waals surface area contributed by atoms with Gasteiger partial charge in [0.2, 0.25) is 10.0 Å². The number of hydrogen-bond acceptors (Lipinski definition) is 4. The van der Waals surface area contributed by atoms with Crippen LogP contribution < -0.4 is 10.5 Å². The molecule has 96 valence electrons. The summed E-state index contributed by atoms with van der Waals surface area (Å²) in [7, 11) is -3.53. The van der Waals surface area contributed by atoms with Crippen molar-refractivity contribution < 1.29 is 13.5 Å². The van der Waals surface area contributed by atoms with Crippen molar-refractivity contribution in [3.63, 3.8) is 0 Å². The van der Waals surface area contributed by atoms with Gasteiger partial charge in [0.05, 0.1) is 4.90 Å². The van der Waals surface area contributed by atoms with E-state index in [0.717, 1.165) is 0 Å². The predicted molar refractivity (Wildman–Crippen MR) is 67.2 cm³/mol. The molecule has 0 aliphatic carbocycles. The fraction of sp³-hybridized carbons (Fsp3) is 0.455. The summed E-state index contributed by atoms with van der Waals surface area (Å²) in [6, 6.07) is 3.27. The Hall–Kier alpha value is -1.11. The molecule has 17 heavy (non-hydrogen) atoms. The number of aliphatic hydroxyl groups excluding tert-OH is 1. The second-order valence-corrected chi connectivity index (χ2v) is 5.66. The van der Waals surface area contributed by atoms with Gasteiger partial charge < -0.3 is 10.8 Å². The van der Waals surface area contributed by atoms with Gasteiger partial charge >= 0.3 is 0 Å². The van der Waals surface area contributed by atoms with E-state index >= 15 is 0 Å². The van der Waals surface area contributed by atoms with Crippen LogP contribution in [0.15, 0.2) is 17.0 Å². The lowest BCUT2D eigenvalue weighted by Crippen LogP contribution is -2.26. The average Bonchev–Trinajstić information content (AvgIpc) is 2.15. The third-order valence-electron chi connectivity index (χ3n) is 2.38. The van der Waals surface area contributed by atoms with Crippen molar-refractivity contribution in [3.05, 3.63) is 23.3 Å². The minimum Gasteiger partial charge on any atom is -0.399 e. The maximum atomic E-state index is 12.0. The van der Waals surface area contributed by atoms with Gasteiger partial charge in [0.1, 0.15) is 0 Å². The number of anilines is 1. The Balaban J connectivity index is 3.07. The lowest BCUT2D eigenvalue weighted by molar-refractivity contribution is 0.289. The van der Waals surface area contributed by atoms with Gasteiger partial charge in [-0.2, -0.15) is 0 Å². The van der Waals surface area contributed by atoms with Gasteiger partial charge in [0.25, 0.3) is 0 Å². The fourth-order valence-corrected chi connectivity index (χ4v) is 3.29. The number of sulfonamides is 1. The molecule has 0 amide bonds. The second kappa shape index (κ2) is 5.48. The molecule has 0 saturated heterocycles. The second-order valence-electron chi connectivity index (χ2n) is 3.96. The highest BCUT2D eigenvalue weighted by Gasteiger charge is 2.19. The first-order valence-electron chi connectivity index (χ1n) is 5.35. The Morgan fingerprint density at radius 2 is 1.82 bits per heavy atom. The number of hydrogen-bond donors (Lipinski definition) is 3. The van der Waals surface area contributed by atoms with Gasteiger partial charge in [0, 0.05) is 18.8 Å². The molecular weight excluding hydrogens is 240 g/mol.